The molecule has 2 aromatic carbocycles. The lowest BCUT2D eigenvalue weighted by atomic mass is 10.1. The van der Waals surface area contributed by atoms with Crippen molar-refractivity contribution in [3.05, 3.63) is 52.0 Å². The molecule has 0 aliphatic carbocycles. The third-order valence-corrected chi connectivity index (χ3v) is 3.74. The quantitative estimate of drug-likeness (QED) is 0.917. The molecule has 22 heavy (non-hydrogen) atoms. The fraction of sp³-hybridized carbons (Fsp3) is 0.235. The van der Waals surface area contributed by atoms with Crippen molar-refractivity contribution in [3.63, 3.8) is 0 Å². The van der Waals surface area contributed by atoms with Crippen LogP contribution in [0.4, 0.5) is 5.69 Å². The van der Waals surface area contributed by atoms with Crippen molar-refractivity contribution in [2.45, 2.75) is 13.8 Å². The van der Waals surface area contributed by atoms with E-state index in [1.54, 1.807) is 12.1 Å². The molecule has 2 aromatic rings. The lowest BCUT2D eigenvalue weighted by Crippen LogP contribution is -2.12. The smallest absolute Gasteiger partial charge is 0.255 e. The SMILES string of the molecule is COc1cc(C(=O)Nc2ccc(C)c(C)c2)cc(Cl)c1OC. The molecule has 4 nitrogen and oxygen atoms in total. The van der Waals surface area contributed by atoms with E-state index in [0.29, 0.717) is 22.1 Å². The van der Waals surface area contributed by atoms with Crippen LogP contribution in [0.3, 0.4) is 0 Å². The van der Waals surface area contributed by atoms with Crippen LogP contribution in [0.5, 0.6) is 11.5 Å². The van der Waals surface area contributed by atoms with E-state index in [1.165, 1.54) is 19.8 Å². The predicted molar refractivity (Wildman–Crippen MR) is 88.4 cm³/mol. The van der Waals surface area contributed by atoms with Gasteiger partial charge < -0.3 is 14.8 Å². The maximum atomic E-state index is 12.4. The van der Waals surface area contributed by atoms with E-state index < -0.39 is 0 Å². The van der Waals surface area contributed by atoms with Gasteiger partial charge in [-0.3, -0.25) is 4.79 Å². The van der Waals surface area contributed by atoms with E-state index in [-0.39, 0.29) is 5.91 Å². The summed E-state index contributed by atoms with van der Waals surface area (Å²) in [6.45, 7) is 4.02. The zero-order chi connectivity index (χ0) is 16.3. The summed E-state index contributed by atoms with van der Waals surface area (Å²) in [6, 6.07) is 8.91. The van der Waals surface area contributed by atoms with Crippen molar-refractivity contribution < 1.29 is 14.3 Å². The molecule has 0 unspecified atom stereocenters. The Hall–Kier alpha value is -2.20. The van der Waals surface area contributed by atoms with Gasteiger partial charge in [0.1, 0.15) is 0 Å². The summed E-state index contributed by atoms with van der Waals surface area (Å²) < 4.78 is 10.4. The lowest BCUT2D eigenvalue weighted by molar-refractivity contribution is 0.102. The molecule has 0 radical (unpaired) electrons. The zero-order valence-electron chi connectivity index (χ0n) is 13.0. The van der Waals surface area contributed by atoms with E-state index in [0.717, 1.165) is 11.3 Å². The van der Waals surface area contributed by atoms with Gasteiger partial charge in [0.05, 0.1) is 19.2 Å². The van der Waals surface area contributed by atoms with Crippen molar-refractivity contribution in [1.29, 1.82) is 0 Å². The Morgan fingerprint density at radius 1 is 1.05 bits per heavy atom. The molecular formula is C17H18ClNO3. The minimum atomic E-state index is -0.258. The van der Waals surface area contributed by atoms with Crippen LogP contribution in [-0.4, -0.2) is 20.1 Å². The van der Waals surface area contributed by atoms with Crippen molar-refractivity contribution in [1.82, 2.24) is 0 Å². The first-order valence-corrected chi connectivity index (χ1v) is 7.14. The van der Waals surface area contributed by atoms with E-state index >= 15 is 0 Å². The number of ether oxygens (including phenoxy) is 2. The van der Waals surface area contributed by atoms with Gasteiger partial charge in [-0.15, -0.1) is 0 Å². The molecule has 2 rings (SSSR count). The number of aryl methyl sites for hydroxylation is 2. The number of hydrogen-bond acceptors (Lipinski definition) is 3. The second-order valence-corrected chi connectivity index (χ2v) is 5.35. The first-order chi connectivity index (χ1) is 10.5. The fourth-order valence-corrected chi connectivity index (χ4v) is 2.36. The highest BCUT2D eigenvalue weighted by molar-refractivity contribution is 6.32. The van der Waals surface area contributed by atoms with Crippen LogP contribution in [0.1, 0.15) is 21.5 Å². The molecule has 0 bridgehead atoms. The zero-order valence-corrected chi connectivity index (χ0v) is 13.7. The highest BCUT2D eigenvalue weighted by atomic mass is 35.5. The van der Waals surface area contributed by atoms with Crippen LogP contribution in [-0.2, 0) is 0 Å². The maximum Gasteiger partial charge on any atom is 0.255 e. The molecule has 0 aliphatic heterocycles. The van der Waals surface area contributed by atoms with Crippen LogP contribution < -0.4 is 14.8 Å². The Labute approximate surface area is 135 Å². The standard InChI is InChI=1S/C17H18ClNO3/c1-10-5-6-13(7-11(10)2)19-17(20)12-8-14(18)16(22-4)15(9-12)21-3/h5-9H,1-4H3,(H,19,20). The van der Waals surface area contributed by atoms with E-state index in [4.69, 9.17) is 21.1 Å². The number of methoxy groups -OCH3 is 2. The van der Waals surface area contributed by atoms with Crippen molar-refractivity contribution >= 4 is 23.2 Å². The molecule has 0 fully saturated rings. The molecular weight excluding hydrogens is 302 g/mol. The Morgan fingerprint density at radius 3 is 2.36 bits per heavy atom. The van der Waals surface area contributed by atoms with Crippen LogP contribution in [0.2, 0.25) is 5.02 Å². The number of carbonyl (C=O) groups excluding carboxylic acids is 1. The molecule has 0 atom stereocenters. The molecule has 5 heteroatoms. The fourth-order valence-electron chi connectivity index (χ4n) is 2.07. The van der Waals surface area contributed by atoms with Gasteiger partial charge in [-0.25, -0.2) is 0 Å². The van der Waals surface area contributed by atoms with Gasteiger partial charge in [-0.05, 0) is 49.2 Å². The number of benzene rings is 2. The number of nitrogens with one attached hydrogen (secondary N) is 1. The number of hydrogen-bond donors (Lipinski definition) is 1. The normalized spacial score (nSPS) is 10.2. The molecule has 0 heterocycles. The molecule has 0 aromatic heterocycles. The first-order valence-electron chi connectivity index (χ1n) is 6.76. The lowest BCUT2D eigenvalue weighted by Gasteiger charge is -2.12. The molecule has 0 aliphatic rings. The minimum Gasteiger partial charge on any atom is -0.493 e. The Kier molecular flexibility index (Phi) is 4.93. The number of carbonyl (C=O) groups is 1. The largest absolute Gasteiger partial charge is 0.493 e. The third kappa shape index (κ3) is 3.34. The summed E-state index contributed by atoms with van der Waals surface area (Å²) >= 11 is 6.12. The molecule has 1 N–H and O–H groups in total. The topological polar surface area (TPSA) is 47.6 Å². The summed E-state index contributed by atoms with van der Waals surface area (Å²) in [4.78, 5) is 12.4. The minimum absolute atomic E-state index is 0.258. The van der Waals surface area contributed by atoms with Gasteiger partial charge in [0.2, 0.25) is 0 Å². The average molecular weight is 320 g/mol. The van der Waals surface area contributed by atoms with Crippen LogP contribution >= 0.6 is 11.6 Å². The van der Waals surface area contributed by atoms with E-state index in [9.17, 15) is 4.79 Å². The predicted octanol–water partition coefficient (Wildman–Crippen LogP) is 4.23. The molecule has 0 spiro atoms. The van der Waals surface area contributed by atoms with E-state index in [1.807, 2.05) is 32.0 Å². The monoisotopic (exact) mass is 319 g/mol. The summed E-state index contributed by atoms with van der Waals surface area (Å²) in [7, 11) is 3.00. The van der Waals surface area contributed by atoms with Crippen LogP contribution in [0.15, 0.2) is 30.3 Å². The van der Waals surface area contributed by atoms with Gasteiger partial charge >= 0.3 is 0 Å². The van der Waals surface area contributed by atoms with Gasteiger partial charge in [-0.1, -0.05) is 17.7 Å². The Morgan fingerprint density at radius 2 is 1.77 bits per heavy atom. The van der Waals surface area contributed by atoms with Crippen molar-refractivity contribution in [3.8, 4) is 11.5 Å². The number of anilines is 1. The highest BCUT2D eigenvalue weighted by Gasteiger charge is 2.15. The van der Waals surface area contributed by atoms with Crippen molar-refractivity contribution in [2.75, 3.05) is 19.5 Å². The first kappa shape index (κ1) is 16.2. The molecule has 116 valence electrons. The summed E-state index contributed by atoms with van der Waals surface area (Å²) in [6.07, 6.45) is 0. The van der Waals surface area contributed by atoms with Gasteiger partial charge in [0.15, 0.2) is 11.5 Å². The van der Waals surface area contributed by atoms with Gasteiger partial charge in [0.25, 0.3) is 5.91 Å². The molecule has 0 saturated carbocycles. The Bertz CT molecular complexity index is 713. The summed E-state index contributed by atoms with van der Waals surface area (Å²) in [5, 5.41) is 3.17. The number of amides is 1. The summed E-state index contributed by atoms with van der Waals surface area (Å²) in [5.74, 6) is 0.568. The highest BCUT2D eigenvalue weighted by Crippen LogP contribution is 2.36. The molecule has 1 amide bonds. The van der Waals surface area contributed by atoms with Crippen LogP contribution in [0, 0.1) is 13.8 Å². The molecule has 0 saturated heterocycles. The number of rotatable bonds is 4. The third-order valence-electron chi connectivity index (χ3n) is 3.46. The Balaban J connectivity index is 2.29. The van der Waals surface area contributed by atoms with Crippen molar-refractivity contribution in [2.24, 2.45) is 0 Å². The average Bonchev–Trinajstić information content (AvgIpc) is 2.50. The van der Waals surface area contributed by atoms with E-state index in [2.05, 4.69) is 5.32 Å². The second kappa shape index (κ2) is 6.71. The summed E-state index contributed by atoms with van der Waals surface area (Å²) in [5.41, 5.74) is 3.43. The van der Waals surface area contributed by atoms with Gasteiger partial charge in [0, 0.05) is 11.3 Å². The number of halogens is 1. The maximum absolute atomic E-state index is 12.4. The van der Waals surface area contributed by atoms with Crippen LogP contribution in [0.25, 0.3) is 0 Å². The second-order valence-electron chi connectivity index (χ2n) is 4.95. The van der Waals surface area contributed by atoms with Gasteiger partial charge in [-0.2, -0.15) is 0 Å².